The van der Waals surface area contributed by atoms with Crippen molar-refractivity contribution in [3.8, 4) is 5.75 Å². The van der Waals surface area contributed by atoms with Gasteiger partial charge in [-0.15, -0.1) is 0 Å². The lowest BCUT2D eigenvalue weighted by molar-refractivity contribution is -0.0348. The van der Waals surface area contributed by atoms with Gasteiger partial charge >= 0.3 is 0 Å². The van der Waals surface area contributed by atoms with Gasteiger partial charge in [-0.2, -0.15) is 0 Å². The van der Waals surface area contributed by atoms with Crippen molar-refractivity contribution in [1.29, 1.82) is 0 Å². The number of hydrogen-bond donors (Lipinski definition) is 0. The SMILES string of the molecule is c1ccc2c(c1)OC13C4C5C6C7C8CC(C74)C21C1CC2C8C6C4C2C1C3C45. The standard InChI is InChI=1S/C26H24O/c1-2-4-12-9(3-1)25-10-5-7-13-8-6-11(25)17-15(8)20-18(13)19-14(7)16(10)23-21(19)22(20)24(17)26(23,25)27-12/h1-4,7-8,10-11,13-24H,5-6H2. The molecule has 10 saturated carbocycles. The topological polar surface area (TPSA) is 9.23 Å². The highest BCUT2D eigenvalue weighted by Gasteiger charge is 3.01. The summed E-state index contributed by atoms with van der Waals surface area (Å²) in [4.78, 5) is 0. The fourth-order valence-corrected chi connectivity index (χ4v) is 16.1. The predicted octanol–water partition coefficient (Wildman–Crippen LogP) is 3.83. The molecule has 1 nitrogen and oxygen atoms in total. The molecule has 0 aromatic heterocycles. The van der Waals surface area contributed by atoms with E-state index in [1.165, 1.54) is 29.4 Å². The molecule has 14 unspecified atom stereocenters. The largest absolute Gasteiger partial charge is 0.485 e. The summed E-state index contributed by atoms with van der Waals surface area (Å²) in [6, 6.07) is 9.51. The Bertz CT molecular complexity index is 1020. The summed E-state index contributed by atoms with van der Waals surface area (Å²) in [7, 11) is 0. The highest BCUT2D eigenvalue weighted by atomic mass is 16.5. The summed E-state index contributed by atoms with van der Waals surface area (Å²) in [5.41, 5.74) is 2.47. The Hall–Kier alpha value is -0.980. The van der Waals surface area contributed by atoms with Gasteiger partial charge in [-0.25, -0.2) is 0 Å². The van der Waals surface area contributed by atoms with Crippen LogP contribution in [-0.2, 0) is 5.41 Å². The van der Waals surface area contributed by atoms with Gasteiger partial charge in [0.15, 0.2) is 0 Å². The minimum absolute atomic E-state index is 0.280. The van der Waals surface area contributed by atoms with Crippen LogP contribution in [0, 0.1) is 94.7 Å². The molecule has 1 heteroatoms. The molecule has 0 N–H and O–H groups in total. The Kier molecular flexibility index (Phi) is 1.23. The van der Waals surface area contributed by atoms with Crippen molar-refractivity contribution in [3.05, 3.63) is 29.8 Å². The monoisotopic (exact) mass is 352 g/mol. The molecular weight excluding hydrogens is 328 g/mol. The summed E-state index contributed by atoms with van der Waals surface area (Å²) in [5, 5.41) is 0. The van der Waals surface area contributed by atoms with Crippen molar-refractivity contribution < 1.29 is 4.74 Å². The van der Waals surface area contributed by atoms with Gasteiger partial charge in [0.2, 0.25) is 0 Å². The lowest BCUT2D eigenvalue weighted by atomic mass is 9.57. The maximum atomic E-state index is 7.41. The molecule has 10 fully saturated rings. The maximum absolute atomic E-state index is 7.41. The first-order valence-corrected chi connectivity index (χ1v) is 12.2. The maximum Gasteiger partial charge on any atom is 0.126 e. The average Bonchev–Trinajstić information content (AvgIpc) is 3.42. The van der Waals surface area contributed by atoms with Crippen LogP contribution in [0.4, 0.5) is 0 Å². The van der Waals surface area contributed by atoms with Crippen LogP contribution in [0.1, 0.15) is 18.4 Å². The third-order valence-electron chi connectivity index (χ3n) is 14.5. The predicted molar refractivity (Wildman–Crippen MR) is 96.6 cm³/mol. The van der Waals surface area contributed by atoms with Gasteiger partial charge in [0.25, 0.3) is 0 Å². The summed E-state index contributed by atoms with van der Waals surface area (Å²) >= 11 is 0. The Balaban J connectivity index is 1.36. The summed E-state index contributed by atoms with van der Waals surface area (Å²) in [5.74, 6) is 19.0. The van der Waals surface area contributed by atoms with Gasteiger partial charge < -0.3 is 4.74 Å². The lowest BCUT2D eigenvalue weighted by Crippen LogP contribution is -2.55. The van der Waals surface area contributed by atoms with E-state index in [0.29, 0.717) is 5.41 Å². The Morgan fingerprint density at radius 2 is 1.30 bits per heavy atom. The lowest BCUT2D eigenvalue weighted by Gasteiger charge is -2.46. The fourth-order valence-electron chi connectivity index (χ4n) is 16.1. The van der Waals surface area contributed by atoms with Crippen LogP contribution in [-0.4, -0.2) is 5.60 Å². The van der Waals surface area contributed by atoms with E-state index in [9.17, 15) is 0 Å². The van der Waals surface area contributed by atoms with Crippen molar-refractivity contribution in [2.75, 3.05) is 0 Å². The van der Waals surface area contributed by atoms with Crippen molar-refractivity contribution in [2.24, 2.45) is 94.7 Å². The zero-order chi connectivity index (χ0) is 16.3. The minimum Gasteiger partial charge on any atom is -0.485 e. The highest BCUT2D eigenvalue weighted by molar-refractivity contribution is 5.60. The van der Waals surface area contributed by atoms with E-state index < -0.39 is 0 Å². The van der Waals surface area contributed by atoms with Gasteiger partial charge in [0, 0.05) is 22.8 Å². The van der Waals surface area contributed by atoms with Crippen LogP contribution in [0.5, 0.6) is 5.75 Å². The van der Waals surface area contributed by atoms with E-state index >= 15 is 0 Å². The summed E-state index contributed by atoms with van der Waals surface area (Å²) in [6.07, 6.45) is 3.23. The zero-order valence-corrected chi connectivity index (χ0v) is 15.4. The van der Waals surface area contributed by atoms with Gasteiger partial charge in [-0.3, -0.25) is 0 Å². The van der Waals surface area contributed by atoms with Gasteiger partial charge in [0.05, 0.1) is 0 Å². The molecule has 1 spiro atoms. The fraction of sp³-hybridized carbons (Fsp3) is 0.769. The third-order valence-corrected chi connectivity index (χ3v) is 14.5. The van der Waals surface area contributed by atoms with Gasteiger partial charge in [-0.1, -0.05) is 18.2 Å². The molecule has 0 bridgehead atoms. The van der Waals surface area contributed by atoms with Crippen LogP contribution in [0.3, 0.4) is 0 Å². The molecule has 0 radical (unpaired) electrons. The molecule has 12 rings (SSSR count). The second kappa shape index (κ2) is 2.78. The molecule has 1 heterocycles. The molecule has 0 saturated heterocycles. The van der Waals surface area contributed by atoms with Crippen molar-refractivity contribution >= 4 is 0 Å². The number of ether oxygens (including phenoxy) is 1. The van der Waals surface area contributed by atoms with Crippen LogP contribution >= 0.6 is 0 Å². The molecule has 1 aliphatic heterocycles. The zero-order valence-electron chi connectivity index (χ0n) is 15.4. The number of hydrogen-bond acceptors (Lipinski definition) is 1. The number of para-hydroxylation sites is 1. The van der Waals surface area contributed by atoms with E-state index in [0.717, 1.165) is 71.0 Å². The molecule has 10 aliphatic carbocycles. The summed E-state index contributed by atoms with van der Waals surface area (Å²) in [6.45, 7) is 0. The first-order chi connectivity index (χ1) is 13.4. The smallest absolute Gasteiger partial charge is 0.126 e. The first kappa shape index (κ1) is 11.9. The summed E-state index contributed by atoms with van der Waals surface area (Å²) < 4.78 is 7.41. The average molecular weight is 352 g/mol. The molecule has 11 aliphatic rings. The van der Waals surface area contributed by atoms with E-state index in [2.05, 4.69) is 24.3 Å². The highest BCUT2D eigenvalue weighted by Crippen LogP contribution is 3.00. The van der Waals surface area contributed by atoms with Gasteiger partial charge in [-0.05, 0) is 102 Å². The second-order valence-electron chi connectivity index (χ2n) is 13.1. The van der Waals surface area contributed by atoms with Crippen LogP contribution < -0.4 is 4.74 Å². The quantitative estimate of drug-likeness (QED) is 0.689. The van der Waals surface area contributed by atoms with E-state index in [1.54, 1.807) is 18.4 Å². The molecule has 1 aromatic rings. The van der Waals surface area contributed by atoms with E-state index in [1.807, 2.05) is 0 Å². The first-order valence-electron chi connectivity index (χ1n) is 12.2. The van der Waals surface area contributed by atoms with E-state index in [-0.39, 0.29) is 5.60 Å². The molecular formula is C26H24O. The Morgan fingerprint density at radius 1 is 0.667 bits per heavy atom. The van der Waals surface area contributed by atoms with Crippen LogP contribution in [0.15, 0.2) is 24.3 Å². The third kappa shape index (κ3) is 0.657. The minimum atomic E-state index is 0.280. The van der Waals surface area contributed by atoms with Gasteiger partial charge in [0.1, 0.15) is 11.4 Å². The molecule has 14 atom stereocenters. The normalized spacial score (nSPS) is 83.1. The molecule has 27 heavy (non-hydrogen) atoms. The Morgan fingerprint density at radius 3 is 2.00 bits per heavy atom. The number of fused-ring (bicyclic) bond motifs is 3. The van der Waals surface area contributed by atoms with Crippen molar-refractivity contribution in [1.82, 2.24) is 0 Å². The number of rotatable bonds is 0. The molecule has 0 amide bonds. The number of benzene rings is 1. The molecule has 134 valence electrons. The van der Waals surface area contributed by atoms with Crippen molar-refractivity contribution in [3.63, 3.8) is 0 Å². The van der Waals surface area contributed by atoms with Crippen LogP contribution in [0.25, 0.3) is 0 Å². The molecule has 1 aromatic carbocycles. The van der Waals surface area contributed by atoms with E-state index in [4.69, 9.17) is 4.74 Å². The van der Waals surface area contributed by atoms with Crippen molar-refractivity contribution in [2.45, 2.75) is 23.9 Å². The second-order valence-corrected chi connectivity index (χ2v) is 13.1. The Labute approximate surface area is 159 Å². The van der Waals surface area contributed by atoms with Crippen LogP contribution in [0.2, 0.25) is 0 Å².